The van der Waals surface area contributed by atoms with Gasteiger partial charge in [-0.2, -0.15) is 0 Å². The summed E-state index contributed by atoms with van der Waals surface area (Å²) in [5.74, 6) is -0.184. The maximum atomic E-state index is 13.9. The second-order valence-corrected chi connectivity index (χ2v) is 12.6. The fourth-order valence-electron chi connectivity index (χ4n) is 6.47. The molecule has 5 aromatic rings. The highest BCUT2D eigenvalue weighted by Gasteiger charge is 2.29. The van der Waals surface area contributed by atoms with Gasteiger partial charge >= 0.3 is 0 Å². The third-order valence-electron chi connectivity index (χ3n) is 8.46. The zero-order valence-corrected chi connectivity index (χ0v) is 25.7. The number of amides is 1. The Morgan fingerprint density at radius 1 is 0.773 bits per heavy atom. The highest BCUT2D eigenvalue weighted by atomic mass is 16.1. The predicted molar refractivity (Wildman–Crippen MR) is 181 cm³/mol. The minimum atomic E-state index is -0.184. The maximum Gasteiger partial charge on any atom is 0.257 e. The normalized spacial score (nSPS) is 13.7. The van der Waals surface area contributed by atoms with Crippen molar-refractivity contribution in [3.8, 4) is 11.1 Å². The number of H-pyrrole nitrogens is 2. The van der Waals surface area contributed by atoms with Gasteiger partial charge in [-0.15, -0.1) is 0 Å². The molecule has 0 aliphatic carbocycles. The third-order valence-corrected chi connectivity index (χ3v) is 8.46. The first-order chi connectivity index (χ1) is 21.1. The van der Waals surface area contributed by atoms with E-state index in [4.69, 9.17) is 9.97 Å². The number of aromatic nitrogens is 4. The summed E-state index contributed by atoms with van der Waals surface area (Å²) in [4.78, 5) is 31.2. The van der Waals surface area contributed by atoms with Crippen molar-refractivity contribution < 1.29 is 4.79 Å². The van der Waals surface area contributed by atoms with Crippen LogP contribution in [0, 0.1) is 20.8 Å². The zero-order chi connectivity index (χ0) is 30.6. The van der Waals surface area contributed by atoms with Crippen molar-refractivity contribution in [3.05, 3.63) is 124 Å². The number of carbonyl (C=O) groups excluding carboxylic acids is 1. The fraction of sp³-hybridized carbons (Fsp3) is 0.184. The van der Waals surface area contributed by atoms with Gasteiger partial charge in [0, 0.05) is 51.0 Å². The summed E-state index contributed by atoms with van der Waals surface area (Å²) >= 11 is 0. The maximum absolute atomic E-state index is 13.9. The number of nitrogens with zero attached hydrogens (tertiary/aromatic N) is 2. The Hall–Kier alpha value is -5.23. The molecule has 7 rings (SSSR count). The smallest absolute Gasteiger partial charge is 0.257 e. The molecule has 2 aromatic carbocycles. The summed E-state index contributed by atoms with van der Waals surface area (Å²) in [6.07, 6.45) is 4.86. The molecule has 1 amide bonds. The number of aromatic amines is 2. The highest BCUT2D eigenvalue weighted by Crippen LogP contribution is 2.37. The van der Waals surface area contributed by atoms with Gasteiger partial charge in [-0.1, -0.05) is 49.7 Å². The number of benzene rings is 2. The molecule has 0 radical (unpaired) electrons. The van der Waals surface area contributed by atoms with Crippen LogP contribution in [0.1, 0.15) is 63.7 Å². The third kappa shape index (κ3) is 5.13. The molecule has 0 spiro atoms. The molecule has 5 heterocycles. The molecule has 3 aromatic heterocycles. The lowest BCUT2D eigenvalue weighted by Crippen LogP contribution is -2.15. The molecule has 0 unspecified atom stereocenters. The van der Waals surface area contributed by atoms with Crippen LogP contribution >= 0.6 is 0 Å². The van der Waals surface area contributed by atoms with Crippen LogP contribution in [0.3, 0.4) is 0 Å². The van der Waals surface area contributed by atoms with Gasteiger partial charge in [0.05, 0.1) is 22.5 Å². The van der Waals surface area contributed by atoms with Gasteiger partial charge in [-0.25, -0.2) is 4.98 Å². The number of aryl methyl sites for hydroxylation is 3. The van der Waals surface area contributed by atoms with Crippen molar-refractivity contribution in [3.63, 3.8) is 0 Å². The molecule has 218 valence electrons. The van der Waals surface area contributed by atoms with E-state index in [-0.39, 0.29) is 11.3 Å². The van der Waals surface area contributed by atoms with Crippen molar-refractivity contribution in [2.45, 2.75) is 46.5 Å². The molecule has 0 saturated carbocycles. The SMILES string of the molecule is Cc1cc(C)c(-c2c3nc(cc4ccc(cc5nc(cc6[nH]c2cc6C(=O)Nc2ccccc2)CC5(C)C)[nH]4)C=C3)c(C)c1. The number of rotatable bonds is 3. The number of para-hydroxylation sites is 1. The van der Waals surface area contributed by atoms with E-state index in [9.17, 15) is 4.79 Å². The standard InChI is InChI=1S/C38H35N5O/c1-22-15-23(2)35(24(3)16-22)36-31-14-13-27(40-31)17-26-11-12-28(39-26)19-34-38(4,5)21-29(41-34)18-32-30(20-33(36)43-32)37(44)42-25-9-7-6-8-10-25/h6-20,39,43H,21H2,1-5H3,(H,42,44). The van der Waals surface area contributed by atoms with Crippen LogP contribution in [0.4, 0.5) is 5.69 Å². The zero-order valence-electron chi connectivity index (χ0n) is 25.7. The van der Waals surface area contributed by atoms with E-state index in [1.54, 1.807) is 0 Å². The van der Waals surface area contributed by atoms with Gasteiger partial charge in [-0.05, 0) is 98.1 Å². The first-order valence-electron chi connectivity index (χ1n) is 15.0. The van der Waals surface area contributed by atoms with Crippen LogP contribution in [0.5, 0.6) is 0 Å². The number of hydrogen-bond acceptors (Lipinski definition) is 3. The van der Waals surface area contributed by atoms with Crippen LogP contribution < -0.4 is 5.32 Å². The summed E-state index contributed by atoms with van der Waals surface area (Å²) in [6.45, 7) is 10.8. The molecule has 2 aliphatic rings. The number of anilines is 1. The topological polar surface area (TPSA) is 86.5 Å². The second-order valence-electron chi connectivity index (χ2n) is 12.6. The molecule has 0 atom stereocenters. The summed E-state index contributed by atoms with van der Waals surface area (Å²) in [5.41, 5.74) is 13.9. The number of carbonyl (C=O) groups is 1. The summed E-state index contributed by atoms with van der Waals surface area (Å²) in [7, 11) is 0. The Balaban J connectivity index is 1.59. The molecule has 6 heteroatoms. The van der Waals surface area contributed by atoms with Crippen LogP contribution in [0.2, 0.25) is 0 Å². The van der Waals surface area contributed by atoms with Gasteiger partial charge in [-0.3, -0.25) is 9.78 Å². The van der Waals surface area contributed by atoms with Gasteiger partial charge in [0.25, 0.3) is 5.91 Å². The molecule has 0 fully saturated rings. The van der Waals surface area contributed by atoms with Crippen molar-refractivity contribution in [2.24, 2.45) is 0 Å². The summed E-state index contributed by atoms with van der Waals surface area (Å²) in [5, 5.41) is 3.09. The van der Waals surface area contributed by atoms with Crippen molar-refractivity contribution in [1.82, 2.24) is 19.9 Å². The van der Waals surface area contributed by atoms with E-state index in [1.165, 1.54) is 5.56 Å². The van der Waals surface area contributed by atoms with Gasteiger partial charge in [0.2, 0.25) is 0 Å². The quantitative estimate of drug-likeness (QED) is 0.196. The monoisotopic (exact) mass is 577 g/mol. The fourth-order valence-corrected chi connectivity index (χ4v) is 6.47. The number of hydrogen-bond donors (Lipinski definition) is 3. The van der Waals surface area contributed by atoms with E-state index in [0.29, 0.717) is 5.56 Å². The molecule has 3 N–H and O–H groups in total. The van der Waals surface area contributed by atoms with E-state index < -0.39 is 0 Å². The average molecular weight is 578 g/mol. The number of nitrogens with one attached hydrogen (secondary N) is 3. The summed E-state index contributed by atoms with van der Waals surface area (Å²) < 4.78 is 0. The van der Waals surface area contributed by atoms with Crippen molar-refractivity contribution in [1.29, 1.82) is 0 Å². The second kappa shape index (κ2) is 10.5. The molecule has 2 aliphatic heterocycles. The Morgan fingerprint density at radius 2 is 1.50 bits per heavy atom. The van der Waals surface area contributed by atoms with E-state index in [1.807, 2.05) is 48.5 Å². The van der Waals surface area contributed by atoms with Gasteiger partial charge in [0.1, 0.15) is 0 Å². The van der Waals surface area contributed by atoms with Crippen LogP contribution in [0.25, 0.3) is 45.3 Å². The summed E-state index contributed by atoms with van der Waals surface area (Å²) in [6, 6.07) is 26.3. The Bertz CT molecular complexity index is 2120. The lowest BCUT2D eigenvalue weighted by Gasteiger charge is -2.15. The van der Waals surface area contributed by atoms with Crippen LogP contribution in [-0.4, -0.2) is 25.8 Å². The van der Waals surface area contributed by atoms with Crippen molar-refractivity contribution >= 4 is 45.8 Å². The minimum Gasteiger partial charge on any atom is -0.355 e. The first kappa shape index (κ1) is 27.6. The van der Waals surface area contributed by atoms with Gasteiger partial charge in [0.15, 0.2) is 0 Å². The van der Waals surface area contributed by atoms with E-state index in [0.717, 1.165) is 79.2 Å². The van der Waals surface area contributed by atoms with E-state index in [2.05, 4.69) is 92.4 Å². The van der Waals surface area contributed by atoms with E-state index >= 15 is 0 Å². The number of fused-ring (bicyclic) bond motifs is 8. The van der Waals surface area contributed by atoms with Crippen LogP contribution in [0.15, 0.2) is 78.9 Å². The average Bonchev–Trinajstić information content (AvgIpc) is 3.75. The molecule has 6 nitrogen and oxygen atoms in total. The Morgan fingerprint density at radius 3 is 2.25 bits per heavy atom. The molecule has 0 saturated heterocycles. The van der Waals surface area contributed by atoms with Crippen molar-refractivity contribution in [2.75, 3.05) is 5.32 Å². The Kier molecular flexibility index (Phi) is 6.58. The molecule has 44 heavy (non-hydrogen) atoms. The molecular weight excluding hydrogens is 542 g/mol. The largest absolute Gasteiger partial charge is 0.355 e. The molecular formula is C38H35N5O. The highest BCUT2D eigenvalue weighted by molar-refractivity contribution is 6.11. The molecule has 8 bridgehead atoms. The first-order valence-corrected chi connectivity index (χ1v) is 15.0. The van der Waals surface area contributed by atoms with Crippen LogP contribution in [-0.2, 0) is 11.8 Å². The Labute approximate surface area is 257 Å². The lowest BCUT2D eigenvalue weighted by atomic mass is 9.87. The van der Waals surface area contributed by atoms with Gasteiger partial charge < -0.3 is 15.3 Å². The minimum absolute atomic E-state index is 0.161. The predicted octanol–water partition coefficient (Wildman–Crippen LogP) is 8.85. The lowest BCUT2D eigenvalue weighted by molar-refractivity contribution is 0.102.